The number of carboxylic acid groups (broad SMARTS) is 1. The maximum absolute atomic E-state index is 11.7. The van der Waals surface area contributed by atoms with Gasteiger partial charge in [-0.15, -0.1) is 0 Å². The fraction of sp³-hybridized carbons (Fsp3) is 0.429. The number of nitrogens with two attached hydrogens (primary N) is 1. The molecule has 4 N–H and O–H groups in total. The van der Waals surface area contributed by atoms with E-state index in [1.807, 2.05) is 30.3 Å². The highest BCUT2D eigenvalue weighted by Crippen LogP contribution is 2.15. The van der Waals surface area contributed by atoms with Gasteiger partial charge in [0.25, 0.3) is 0 Å². The molecule has 0 heterocycles. The van der Waals surface area contributed by atoms with Crippen molar-refractivity contribution >= 4 is 11.9 Å². The summed E-state index contributed by atoms with van der Waals surface area (Å²) in [6, 6.07) is 8.94. The maximum Gasteiger partial charge on any atom is 0.310 e. The molecular formula is C14H20N2O3. The molecule has 104 valence electrons. The van der Waals surface area contributed by atoms with Crippen LogP contribution in [0.4, 0.5) is 0 Å². The number of aliphatic carboxylic acids is 1. The molecule has 0 spiro atoms. The Morgan fingerprint density at radius 2 is 1.89 bits per heavy atom. The van der Waals surface area contributed by atoms with Gasteiger partial charge >= 0.3 is 5.97 Å². The zero-order chi connectivity index (χ0) is 14.5. The summed E-state index contributed by atoms with van der Waals surface area (Å²) in [4.78, 5) is 22.6. The van der Waals surface area contributed by atoms with E-state index in [0.717, 1.165) is 5.56 Å². The summed E-state index contributed by atoms with van der Waals surface area (Å²) in [5.74, 6) is -1.19. The molecule has 1 amide bonds. The number of amides is 1. The molecule has 0 aliphatic heterocycles. The quantitative estimate of drug-likeness (QED) is 0.722. The maximum atomic E-state index is 11.7. The Hall–Kier alpha value is -1.88. The largest absolute Gasteiger partial charge is 0.481 e. The van der Waals surface area contributed by atoms with Gasteiger partial charge in [-0.2, -0.15) is 0 Å². The molecule has 1 rings (SSSR count). The van der Waals surface area contributed by atoms with Crippen molar-refractivity contribution in [2.45, 2.75) is 26.3 Å². The van der Waals surface area contributed by atoms with Crippen LogP contribution in [0.5, 0.6) is 0 Å². The van der Waals surface area contributed by atoms with Gasteiger partial charge in [0.2, 0.25) is 5.91 Å². The fourth-order valence-electron chi connectivity index (χ4n) is 1.49. The molecule has 1 atom stereocenters. The van der Waals surface area contributed by atoms with Crippen LogP contribution in [0, 0.1) is 5.41 Å². The van der Waals surface area contributed by atoms with Crippen molar-refractivity contribution in [3.05, 3.63) is 35.9 Å². The van der Waals surface area contributed by atoms with Crippen LogP contribution >= 0.6 is 0 Å². The predicted molar refractivity (Wildman–Crippen MR) is 72.4 cm³/mol. The molecular weight excluding hydrogens is 244 g/mol. The SMILES string of the molecule is CC(C)(CNC(=O)CC(N)c1ccccc1)C(=O)O. The van der Waals surface area contributed by atoms with E-state index in [1.165, 1.54) is 0 Å². The van der Waals surface area contributed by atoms with Crippen LogP contribution in [0.25, 0.3) is 0 Å². The van der Waals surface area contributed by atoms with Crippen molar-refractivity contribution in [2.24, 2.45) is 11.1 Å². The molecule has 0 radical (unpaired) electrons. The third-order valence-electron chi connectivity index (χ3n) is 2.94. The molecule has 5 heteroatoms. The molecule has 1 aromatic carbocycles. The van der Waals surface area contributed by atoms with Gasteiger partial charge in [0, 0.05) is 19.0 Å². The lowest BCUT2D eigenvalue weighted by atomic mass is 9.94. The minimum absolute atomic E-state index is 0.0860. The highest BCUT2D eigenvalue weighted by atomic mass is 16.4. The van der Waals surface area contributed by atoms with E-state index in [9.17, 15) is 9.59 Å². The number of nitrogens with one attached hydrogen (secondary N) is 1. The number of rotatable bonds is 6. The van der Waals surface area contributed by atoms with Crippen LogP contribution in [0.15, 0.2) is 30.3 Å². The van der Waals surface area contributed by atoms with Crippen molar-refractivity contribution in [3.8, 4) is 0 Å². The number of benzene rings is 1. The van der Waals surface area contributed by atoms with Gasteiger partial charge in [0.1, 0.15) is 0 Å². The average Bonchev–Trinajstić information content (AvgIpc) is 2.37. The van der Waals surface area contributed by atoms with Crippen LogP contribution in [-0.4, -0.2) is 23.5 Å². The molecule has 0 fully saturated rings. The Morgan fingerprint density at radius 3 is 2.42 bits per heavy atom. The van der Waals surface area contributed by atoms with E-state index < -0.39 is 11.4 Å². The van der Waals surface area contributed by atoms with Gasteiger partial charge in [0.15, 0.2) is 0 Å². The van der Waals surface area contributed by atoms with Crippen LogP contribution < -0.4 is 11.1 Å². The summed E-state index contributed by atoms with van der Waals surface area (Å²) in [7, 11) is 0. The summed E-state index contributed by atoms with van der Waals surface area (Å²) in [5.41, 5.74) is 5.82. The topological polar surface area (TPSA) is 92.4 Å². The Labute approximate surface area is 112 Å². The number of carbonyl (C=O) groups is 2. The lowest BCUT2D eigenvalue weighted by molar-refractivity contribution is -0.146. The highest BCUT2D eigenvalue weighted by Gasteiger charge is 2.27. The predicted octanol–water partition coefficient (Wildman–Crippen LogP) is 1.30. The molecule has 0 saturated heterocycles. The molecule has 0 aromatic heterocycles. The van der Waals surface area contributed by atoms with E-state index in [2.05, 4.69) is 5.32 Å². The van der Waals surface area contributed by atoms with Gasteiger partial charge in [-0.05, 0) is 19.4 Å². The van der Waals surface area contributed by atoms with Gasteiger partial charge in [-0.25, -0.2) is 0 Å². The number of carbonyl (C=O) groups excluding carboxylic acids is 1. The van der Waals surface area contributed by atoms with Gasteiger partial charge in [-0.1, -0.05) is 30.3 Å². The molecule has 0 bridgehead atoms. The summed E-state index contributed by atoms with van der Waals surface area (Å²) in [5, 5.41) is 11.5. The van der Waals surface area contributed by atoms with Crippen molar-refractivity contribution in [1.82, 2.24) is 5.32 Å². The zero-order valence-electron chi connectivity index (χ0n) is 11.2. The Balaban J connectivity index is 2.46. The van der Waals surface area contributed by atoms with E-state index in [1.54, 1.807) is 13.8 Å². The first kappa shape index (κ1) is 15.2. The van der Waals surface area contributed by atoms with E-state index in [0.29, 0.717) is 0 Å². The van der Waals surface area contributed by atoms with Crippen LogP contribution in [-0.2, 0) is 9.59 Å². The minimum Gasteiger partial charge on any atom is -0.481 e. The summed E-state index contributed by atoms with van der Waals surface area (Å²) < 4.78 is 0. The smallest absolute Gasteiger partial charge is 0.310 e. The summed E-state index contributed by atoms with van der Waals surface area (Å²) in [6.07, 6.45) is 0.139. The van der Waals surface area contributed by atoms with Gasteiger partial charge in [-0.3, -0.25) is 9.59 Å². The van der Waals surface area contributed by atoms with Crippen molar-refractivity contribution in [2.75, 3.05) is 6.54 Å². The van der Waals surface area contributed by atoms with E-state index in [4.69, 9.17) is 10.8 Å². The first-order chi connectivity index (χ1) is 8.83. The molecule has 0 aliphatic rings. The van der Waals surface area contributed by atoms with E-state index in [-0.39, 0.29) is 24.9 Å². The third kappa shape index (κ3) is 4.71. The van der Waals surface area contributed by atoms with Crippen LogP contribution in [0.3, 0.4) is 0 Å². The summed E-state index contributed by atoms with van der Waals surface area (Å²) >= 11 is 0. The van der Waals surface area contributed by atoms with Crippen molar-refractivity contribution < 1.29 is 14.7 Å². The average molecular weight is 264 g/mol. The second-order valence-electron chi connectivity index (χ2n) is 5.19. The lowest BCUT2D eigenvalue weighted by Crippen LogP contribution is -2.39. The Kier molecular flexibility index (Phi) is 5.06. The second-order valence-corrected chi connectivity index (χ2v) is 5.19. The monoisotopic (exact) mass is 264 g/mol. The first-order valence-corrected chi connectivity index (χ1v) is 6.13. The minimum atomic E-state index is -0.980. The number of hydrogen-bond donors (Lipinski definition) is 3. The molecule has 1 unspecified atom stereocenters. The normalized spacial score (nSPS) is 12.8. The number of carboxylic acids is 1. The number of hydrogen-bond acceptors (Lipinski definition) is 3. The molecule has 19 heavy (non-hydrogen) atoms. The lowest BCUT2D eigenvalue weighted by Gasteiger charge is -2.20. The van der Waals surface area contributed by atoms with E-state index >= 15 is 0 Å². The first-order valence-electron chi connectivity index (χ1n) is 6.13. The van der Waals surface area contributed by atoms with Crippen molar-refractivity contribution in [3.63, 3.8) is 0 Å². The Bertz CT molecular complexity index is 443. The standard InChI is InChI=1S/C14H20N2O3/c1-14(2,13(18)19)9-16-12(17)8-11(15)10-6-4-3-5-7-10/h3-7,11H,8-9,15H2,1-2H3,(H,16,17)(H,18,19). The summed E-state index contributed by atoms with van der Waals surface area (Å²) in [6.45, 7) is 3.21. The van der Waals surface area contributed by atoms with Crippen LogP contribution in [0.1, 0.15) is 31.9 Å². The van der Waals surface area contributed by atoms with Crippen LogP contribution in [0.2, 0.25) is 0 Å². The molecule has 0 saturated carbocycles. The van der Waals surface area contributed by atoms with Gasteiger partial charge < -0.3 is 16.2 Å². The fourth-order valence-corrected chi connectivity index (χ4v) is 1.49. The van der Waals surface area contributed by atoms with Crippen molar-refractivity contribution in [1.29, 1.82) is 0 Å². The van der Waals surface area contributed by atoms with Gasteiger partial charge in [0.05, 0.1) is 5.41 Å². The second kappa shape index (κ2) is 6.33. The zero-order valence-corrected chi connectivity index (χ0v) is 11.2. The molecule has 5 nitrogen and oxygen atoms in total. The molecule has 0 aliphatic carbocycles. The molecule has 1 aromatic rings. The third-order valence-corrected chi connectivity index (χ3v) is 2.94. The highest BCUT2D eigenvalue weighted by molar-refractivity contribution is 5.79. The Morgan fingerprint density at radius 1 is 1.32 bits per heavy atom.